The van der Waals surface area contributed by atoms with Gasteiger partial charge in [0.1, 0.15) is 5.25 Å². The normalized spacial score (nSPS) is 17.4. The van der Waals surface area contributed by atoms with Crippen LogP contribution in [-0.2, 0) is 9.59 Å². The van der Waals surface area contributed by atoms with Crippen LogP contribution in [0, 0.1) is 0 Å². The minimum Gasteiger partial charge on any atom is -0.351 e. The number of carbonyl (C=O) groups is 3. The average molecular weight is 489 g/mol. The topological polar surface area (TPSA) is 109 Å². The summed E-state index contributed by atoms with van der Waals surface area (Å²) >= 11 is 1.37. The lowest BCUT2D eigenvalue weighted by atomic mass is 10.2. The smallest absolute Gasteiger partial charge is 0.262 e. The summed E-state index contributed by atoms with van der Waals surface area (Å²) in [6.45, 7) is 1.82. The summed E-state index contributed by atoms with van der Waals surface area (Å²) in [5, 5.41) is 10.2. The van der Waals surface area contributed by atoms with E-state index >= 15 is 0 Å². The number of rotatable bonds is 6. The molecule has 5 rings (SSSR count). The second kappa shape index (κ2) is 10.1. The quantitative estimate of drug-likeness (QED) is 0.549. The molecular weight excluding hydrogens is 464 g/mol. The Hall–Kier alpha value is -3.92. The number of nitrogens with zero attached hydrogens (tertiary/aromatic N) is 4. The van der Waals surface area contributed by atoms with Gasteiger partial charge in [0.15, 0.2) is 11.0 Å². The highest BCUT2D eigenvalue weighted by molar-refractivity contribution is 8.15. The number of nitrogens with one attached hydrogen (secondary N) is 2. The maximum absolute atomic E-state index is 12.6. The summed E-state index contributed by atoms with van der Waals surface area (Å²) in [5.74, 6) is -0.391. The van der Waals surface area contributed by atoms with E-state index in [9.17, 15) is 14.4 Å². The molecule has 3 heterocycles. The lowest BCUT2D eigenvalue weighted by Gasteiger charge is -2.16. The van der Waals surface area contributed by atoms with Gasteiger partial charge in [-0.25, -0.2) is 4.68 Å². The highest BCUT2D eigenvalue weighted by atomic mass is 32.2. The molecule has 3 aromatic rings. The standard InChI is InChI=1S/C25H24N6O3S/c32-22(16-20-24(34)28-25(35-20)30-13-4-5-14-30)26-18-10-8-17(9-11-18)23(33)27-21-12-15-31(29-21)19-6-2-1-3-7-19/h1-3,6-12,15,20H,4-5,13-14,16H2,(H,26,32)(H,27,29,33). The van der Waals surface area contributed by atoms with Crippen LogP contribution in [0.25, 0.3) is 5.69 Å². The van der Waals surface area contributed by atoms with Crippen LogP contribution < -0.4 is 10.6 Å². The molecule has 0 saturated carbocycles. The number of carbonyl (C=O) groups excluding carboxylic acids is 3. The van der Waals surface area contributed by atoms with E-state index in [4.69, 9.17) is 0 Å². The van der Waals surface area contributed by atoms with E-state index in [1.807, 2.05) is 30.3 Å². The first kappa shape index (κ1) is 22.9. The van der Waals surface area contributed by atoms with Crippen molar-refractivity contribution < 1.29 is 14.4 Å². The number of anilines is 2. The molecular formula is C25H24N6O3S. The Labute approximate surface area is 206 Å². The van der Waals surface area contributed by atoms with E-state index in [0.29, 0.717) is 17.1 Å². The molecule has 1 unspecified atom stereocenters. The van der Waals surface area contributed by atoms with Gasteiger partial charge in [-0.1, -0.05) is 30.0 Å². The fraction of sp³-hybridized carbons (Fsp3) is 0.240. The minimum atomic E-state index is -0.494. The Morgan fingerprint density at radius 2 is 1.71 bits per heavy atom. The fourth-order valence-electron chi connectivity index (χ4n) is 3.94. The molecule has 1 saturated heterocycles. The largest absolute Gasteiger partial charge is 0.351 e. The first-order valence-electron chi connectivity index (χ1n) is 11.4. The van der Waals surface area contributed by atoms with Crippen LogP contribution >= 0.6 is 11.8 Å². The lowest BCUT2D eigenvalue weighted by Crippen LogP contribution is -2.25. The maximum atomic E-state index is 12.6. The monoisotopic (exact) mass is 488 g/mol. The summed E-state index contributed by atoms with van der Waals surface area (Å²) in [6.07, 6.45) is 4.03. The number of amidine groups is 1. The van der Waals surface area contributed by atoms with Crippen molar-refractivity contribution in [3.05, 3.63) is 72.4 Å². The number of hydrogen-bond donors (Lipinski definition) is 2. The average Bonchev–Trinajstić information content (AvgIpc) is 3.62. The van der Waals surface area contributed by atoms with E-state index in [1.54, 1.807) is 41.2 Å². The lowest BCUT2D eigenvalue weighted by molar-refractivity contribution is -0.121. The zero-order valence-electron chi connectivity index (χ0n) is 18.9. The number of aliphatic imine (C=N–C) groups is 1. The minimum absolute atomic E-state index is 0.0522. The molecule has 178 valence electrons. The molecule has 0 spiro atoms. The Morgan fingerprint density at radius 1 is 0.971 bits per heavy atom. The zero-order chi connectivity index (χ0) is 24.2. The molecule has 1 atom stereocenters. The van der Waals surface area contributed by atoms with E-state index in [1.165, 1.54) is 11.8 Å². The van der Waals surface area contributed by atoms with E-state index in [2.05, 4.69) is 25.6 Å². The van der Waals surface area contributed by atoms with E-state index < -0.39 is 5.25 Å². The fourth-order valence-corrected chi connectivity index (χ4v) is 5.06. The number of para-hydroxylation sites is 1. The van der Waals surface area contributed by atoms with Crippen molar-refractivity contribution in [3.63, 3.8) is 0 Å². The third-order valence-electron chi connectivity index (χ3n) is 5.76. The van der Waals surface area contributed by atoms with Crippen molar-refractivity contribution in [2.75, 3.05) is 23.7 Å². The Kier molecular flexibility index (Phi) is 6.62. The van der Waals surface area contributed by atoms with Gasteiger partial charge >= 0.3 is 0 Å². The number of benzene rings is 2. The second-order valence-corrected chi connectivity index (χ2v) is 9.47. The van der Waals surface area contributed by atoms with Crippen molar-refractivity contribution in [2.45, 2.75) is 24.5 Å². The Balaban J connectivity index is 1.13. The van der Waals surface area contributed by atoms with E-state index in [0.717, 1.165) is 36.8 Å². The molecule has 35 heavy (non-hydrogen) atoms. The van der Waals surface area contributed by atoms with Crippen LogP contribution in [0.4, 0.5) is 11.5 Å². The van der Waals surface area contributed by atoms with Crippen molar-refractivity contribution in [2.24, 2.45) is 4.99 Å². The highest BCUT2D eigenvalue weighted by Gasteiger charge is 2.33. The molecule has 0 aliphatic carbocycles. The molecule has 2 aliphatic rings. The van der Waals surface area contributed by atoms with Crippen molar-refractivity contribution in [1.29, 1.82) is 0 Å². The van der Waals surface area contributed by atoms with Crippen LogP contribution in [0.1, 0.15) is 29.6 Å². The summed E-state index contributed by atoms with van der Waals surface area (Å²) in [6, 6.07) is 17.9. The highest BCUT2D eigenvalue weighted by Crippen LogP contribution is 2.29. The van der Waals surface area contributed by atoms with Crippen LogP contribution in [0.15, 0.2) is 71.9 Å². The van der Waals surface area contributed by atoms with Gasteiger partial charge < -0.3 is 15.5 Å². The number of aromatic nitrogens is 2. The zero-order valence-corrected chi connectivity index (χ0v) is 19.7. The van der Waals surface area contributed by atoms with Crippen molar-refractivity contribution in [3.8, 4) is 5.69 Å². The Morgan fingerprint density at radius 3 is 2.46 bits per heavy atom. The number of amides is 3. The second-order valence-electron chi connectivity index (χ2n) is 8.30. The molecule has 10 heteroatoms. The number of thioether (sulfide) groups is 1. The summed E-state index contributed by atoms with van der Waals surface area (Å²) in [7, 11) is 0. The van der Waals surface area contributed by atoms with E-state index in [-0.39, 0.29) is 24.1 Å². The van der Waals surface area contributed by atoms with Crippen LogP contribution in [0.5, 0.6) is 0 Å². The maximum Gasteiger partial charge on any atom is 0.262 e. The van der Waals surface area contributed by atoms with Gasteiger partial charge in [-0.3, -0.25) is 14.4 Å². The van der Waals surface area contributed by atoms with Crippen molar-refractivity contribution >= 4 is 46.2 Å². The summed E-state index contributed by atoms with van der Waals surface area (Å²) in [5.41, 5.74) is 1.88. The Bertz CT molecular complexity index is 1270. The molecule has 2 aromatic carbocycles. The first-order valence-corrected chi connectivity index (χ1v) is 12.3. The predicted octanol–water partition coefficient (Wildman–Crippen LogP) is 3.55. The first-order chi connectivity index (χ1) is 17.0. The number of hydrogen-bond acceptors (Lipinski definition) is 6. The van der Waals surface area contributed by atoms with Gasteiger partial charge in [-0.2, -0.15) is 10.1 Å². The van der Waals surface area contributed by atoms with Crippen LogP contribution in [-0.4, -0.2) is 55.9 Å². The molecule has 0 radical (unpaired) electrons. The molecule has 2 N–H and O–H groups in total. The van der Waals surface area contributed by atoms with Gasteiger partial charge in [0.2, 0.25) is 5.91 Å². The van der Waals surface area contributed by atoms with Crippen molar-refractivity contribution in [1.82, 2.24) is 14.7 Å². The van der Waals surface area contributed by atoms with Gasteiger partial charge in [-0.05, 0) is 49.2 Å². The molecule has 3 amide bonds. The van der Waals surface area contributed by atoms with Gasteiger partial charge in [-0.15, -0.1) is 0 Å². The van der Waals surface area contributed by atoms with Crippen LogP contribution in [0.3, 0.4) is 0 Å². The predicted molar refractivity (Wildman–Crippen MR) is 136 cm³/mol. The number of likely N-dealkylation sites (tertiary alicyclic amines) is 1. The summed E-state index contributed by atoms with van der Waals surface area (Å²) < 4.78 is 1.68. The van der Waals surface area contributed by atoms with Gasteiger partial charge in [0, 0.05) is 43.0 Å². The molecule has 0 bridgehead atoms. The summed E-state index contributed by atoms with van der Waals surface area (Å²) in [4.78, 5) is 43.5. The molecule has 1 aromatic heterocycles. The molecule has 2 aliphatic heterocycles. The van der Waals surface area contributed by atoms with Gasteiger partial charge in [0.25, 0.3) is 11.8 Å². The third kappa shape index (κ3) is 5.43. The molecule has 1 fully saturated rings. The SMILES string of the molecule is O=C(CC1SC(N2CCCC2)=NC1=O)Nc1ccc(C(=O)Nc2ccn(-c3ccccc3)n2)cc1. The molecule has 9 nitrogen and oxygen atoms in total. The third-order valence-corrected chi connectivity index (χ3v) is 6.97. The van der Waals surface area contributed by atoms with Gasteiger partial charge in [0.05, 0.1) is 5.69 Å². The van der Waals surface area contributed by atoms with Crippen LogP contribution in [0.2, 0.25) is 0 Å².